The van der Waals surface area contributed by atoms with Crippen molar-refractivity contribution in [2.75, 3.05) is 24.0 Å². The number of nitrogens with one attached hydrogen (secondary N) is 1. The molecule has 0 unspecified atom stereocenters. The molecular formula is C31H36Cl2FN3O5S. The van der Waals surface area contributed by atoms with E-state index in [0.717, 1.165) is 41.4 Å². The molecule has 0 spiro atoms. The van der Waals surface area contributed by atoms with Crippen LogP contribution >= 0.6 is 23.2 Å². The first-order chi connectivity index (χ1) is 20.5. The highest BCUT2D eigenvalue weighted by Crippen LogP contribution is 2.28. The van der Waals surface area contributed by atoms with E-state index in [-0.39, 0.29) is 29.5 Å². The van der Waals surface area contributed by atoms with Crippen LogP contribution in [0.25, 0.3) is 0 Å². The average Bonchev–Trinajstić information content (AvgIpc) is 2.97. The zero-order chi connectivity index (χ0) is 31.6. The van der Waals surface area contributed by atoms with Crippen LogP contribution in [0.3, 0.4) is 0 Å². The molecule has 12 heteroatoms. The monoisotopic (exact) mass is 651 g/mol. The molecule has 3 aromatic rings. The molecule has 0 saturated heterocycles. The molecule has 0 aromatic heterocycles. The lowest BCUT2D eigenvalue weighted by Crippen LogP contribution is -2.52. The van der Waals surface area contributed by atoms with E-state index >= 15 is 0 Å². The summed E-state index contributed by atoms with van der Waals surface area (Å²) < 4.78 is 47.9. The Labute approximate surface area is 262 Å². The van der Waals surface area contributed by atoms with Gasteiger partial charge in [-0.05, 0) is 86.0 Å². The van der Waals surface area contributed by atoms with Gasteiger partial charge in [-0.1, -0.05) is 49.5 Å². The number of hydrogen-bond acceptors (Lipinski definition) is 5. The summed E-state index contributed by atoms with van der Waals surface area (Å²) >= 11 is 12.5. The molecule has 0 aliphatic carbocycles. The van der Waals surface area contributed by atoms with Crippen LogP contribution in [0, 0.1) is 5.82 Å². The van der Waals surface area contributed by atoms with Gasteiger partial charge in [0.15, 0.2) is 0 Å². The second kappa shape index (κ2) is 15.9. The van der Waals surface area contributed by atoms with Gasteiger partial charge in [0.1, 0.15) is 24.2 Å². The van der Waals surface area contributed by atoms with Crippen molar-refractivity contribution >= 4 is 50.7 Å². The molecule has 1 atom stereocenters. The molecule has 0 fully saturated rings. The summed E-state index contributed by atoms with van der Waals surface area (Å²) in [4.78, 5) is 28.6. The fourth-order valence-electron chi connectivity index (χ4n) is 4.40. The second-order valence-corrected chi connectivity index (χ2v) is 12.4. The normalized spacial score (nSPS) is 12.0. The first-order valence-corrected chi connectivity index (χ1v) is 16.2. The first-order valence-electron chi connectivity index (χ1n) is 14.0. The third-order valence-corrected chi connectivity index (χ3v) is 9.06. The van der Waals surface area contributed by atoms with Gasteiger partial charge in [-0.25, -0.2) is 12.8 Å². The van der Waals surface area contributed by atoms with Gasteiger partial charge < -0.3 is 15.0 Å². The number of hydrogen-bond donors (Lipinski definition) is 1. The predicted octanol–water partition coefficient (Wildman–Crippen LogP) is 6.45. The summed E-state index contributed by atoms with van der Waals surface area (Å²) in [6.07, 6.45) is 1.90. The van der Waals surface area contributed by atoms with E-state index in [4.69, 9.17) is 27.9 Å². The van der Waals surface area contributed by atoms with Gasteiger partial charge in [0.05, 0.1) is 17.2 Å². The lowest BCUT2D eigenvalue weighted by Gasteiger charge is -2.33. The van der Waals surface area contributed by atoms with Crippen LogP contribution in [0.15, 0.2) is 71.6 Å². The number of sulfonamides is 1. The van der Waals surface area contributed by atoms with E-state index in [0.29, 0.717) is 34.5 Å². The fraction of sp³-hybridized carbons (Fsp3) is 0.355. The lowest BCUT2D eigenvalue weighted by atomic mass is 10.1. The molecule has 232 valence electrons. The highest BCUT2D eigenvalue weighted by atomic mass is 35.5. The number of anilines is 1. The predicted molar refractivity (Wildman–Crippen MR) is 168 cm³/mol. The van der Waals surface area contributed by atoms with Crippen LogP contribution in [0.2, 0.25) is 10.0 Å². The SMILES string of the molecule is CCCCNC(=O)[C@H](CC)N(Cc1ccc(Cl)cc1Cl)C(=O)CN(c1ccc(OCC)cc1)S(=O)(=O)c1ccc(F)cc1. The maximum atomic E-state index is 14.1. The molecule has 43 heavy (non-hydrogen) atoms. The van der Waals surface area contributed by atoms with Gasteiger partial charge in [-0.15, -0.1) is 0 Å². The topological polar surface area (TPSA) is 96.0 Å². The molecule has 0 radical (unpaired) electrons. The zero-order valence-corrected chi connectivity index (χ0v) is 26.7. The average molecular weight is 653 g/mol. The van der Waals surface area contributed by atoms with E-state index in [2.05, 4.69) is 5.32 Å². The van der Waals surface area contributed by atoms with Gasteiger partial charge in [0.2, 0.25) is 11.8 Å². The van der Waals surface area contributed by atoms with Crippen molar-refractivity contribution in [3.05, 3.63) is 88.2 Å². The Kier molecular flexibility index (Phi) is 12.7. The van der Waals surface area contributed by atoms with Crippen LogP contribution in [0.4, 0.5) is 10.1 Å². The number of unbranched alkanes of at least 4 members (excludes halogenated alkanes) is 1. The Balaban J connectivity index is 2.06. The summed E-state index contributed by atoms with van der Waals surface area (Å²) in [7, 11) is -4.35. The maximum Gasteiger partial charge on any atom is 0.264 e. The molecule has 0 bridgehead atoms. The van der Waals surface area contributed by atoms with Crippen molar-refractivity contribution in [2.45, 2.75) is 57.5 Å². The third kappa shape index (κ3) is 9.08. The second-order valence-electron chi connectivity index (χ2n) is 9.72. The number of carbonyl (C=O) groups is 2. The van der Waals surface area contributed by atoms with Crippen LogP contribution in [0.1, 0.15) is 45.6 Å². The summed E-state index contributed by atoms with van der Waals surface area (Å²) in [5.41, 5.74) is 0.722. The molecular weight excluding hydrogens is 616 g/mol. The summed E-state index contributed by atoms with van der Waals surface area (Å²) in [6, 6.07) is 14.5. The first kappa shape index (κ1) is 34.2. The van der Waals surface area contributed by atoms with E-state index in [9.17, 15) is 22.4 Å². The molecule has 0 aliphatic rings. The van der Waals surface area contributed by atoms with Crippen LogP contribution < -0.4 is 14.4 Å². The minimum absolute atomic E-state index is 0.0672. The van der Waals surface area contributed by atoms with Gasteiger partial charge in [-0.3, -0.25) is 13.9 Å². The summed E-state index contributed by atoms with van der Waals surface area (Å²) in [5, 5.41) is 3.58. The van der Waals surface area contributed by atoms with E-state index < -0.39 is 34.3 Å². The van der Waals surface area contributed by atoms with Crippen LogP contribution in [-0.2, 0) is 26.2 Å². The van der Waals surface area contributed by atoms with Crippen LogP contribution in [0.5, 0.6) is 5.75 Å². The molecule has 0 saturated carbocycles. The van der Waals surface area contributed by atoms with Crippen molar-refractivity contribution < 1.29 is 27.1 Å². The Bertz CT molecular complexity index is 1490. The Morgan fingerprint density at radius 1 is 0.977 bits per heavy atom. The zero-order valence-electron chi connectivity index (χ0n) is 24.4. The highest BCUT2D eigenvalue weighted by Gasteiger charge is 2.34. The minimum Gasteiger partial charge on any atom is -0.494 e. The number of benzene rings is 3. The lowest BCUT2D eigenvalue weighted by molar-refractivity contribution is -0.140. The van der Waals surface area contributed by atoms with Crippen LogP contribution in [-0.4, -0.2) is 50.9 Å². The number of nitrogens with zero attached hydrogens (tertiary/aromatic N) is 2. The van der Waals surface area contributed by atoms with Crippen molar-refractivity contribution in [2.24, 2.45) is 0 Å². The maximum absolute atomic E-state index is 14.1. The van der Waals surface area contributed by atoms with E-state index in [1.807, 2.05) is 13.8 Å². The minimum atomic E-state index is -4.35. The number of ether oxygens (including phenoxy) is 1. The number of carbonyl (C=O) groups excluding carboxylic acids is 2. The molecule has 0 aliphatic heterocycles. The molecule has 8 nitrogen and oxygen atoms in total. The highest BCUT2D eigenvalue weighted by molar-refractivity contribution is 7.92. The smallest absolute Gasteiger partial charge is 0.264 e. The Morgan fingerprint density at radius 3 is 2.23 bits per heavy atom. The molecule has 1 N–H and O–H groups in total. The van der Waals surface area contributed by atoms with Crippen molar-refractivity contribution in [1.29, 1.82) is 0 Å². The standard InChI is InChI=1S/C31H36Cl2FN3O5S/c1-4-7-18-35-31(39)29(5-2)36(20-22-8-9-23(32)19-28(22)33)30(38)21-37(25-12-14-26(15-13-25)42-6-3)43(40,41)27-16-10-24(34)11-17-27/h8-17,19,29H,4-7,18,20-21H2,1-3H3,(H,35,39)/t29-/m0/s1. The quantitative estimate of drug-likeness (QED) is 0.191. The van der Waals surface area contributed by atoms with Crippen molar-refractivity contribution in [3.63, 3.8) is 0 Å². The van der Waals surface area contributed by atoms with Gasteiger partial charge in [0.25, 0.3) is 10.0 Å². The van der Waals surface area contributed by atoms with E-state index in [1.54, 1.807) is 31.2 Å². The Hall–Kier alpha value is -3.34. The van der Waals surface area contributed by atoms with E-state index in [1.165, 1.54) is 23.1 Å². The number of rotatable bonds is 15. The third-order valence-electron chi connectivity index (χ3n) is 6.69. The summed E-state index contributed by atoms with van der Waals surface area (Å²) in [6.45, 7) is 5.73. The molecule has 2 amide bonds. The summed E-state index contributed by atoms with van der Waals surface area (Å²) in [5.74, 6) is -1.08. The fourth-order valence-corrected chi connectivity index (χ4v) is 6.28. The molecule has 3 rings (SSSR count). The van der Waals surface area contributed by atoms with Crippen molar-refractivity contribution in [1.82, 2.24) is 10.2 Å². The number of amides is 2. The Morgan fingerprint density at radius 2 is 1.65 bits per heavy atom. The van der Waals surface area contributed by atoms with Crippen molar-refractivity contribution in [3.8, 4) is 5.75 Å². The van der Waals surface area contributed by atoms with Gasteiger partial charge in [0, 0.05) is 23.1 Å². The molecule has 0 heterocycles. The molecule has 3 aromatic carbocycles. The van der Waals surface area contributed by atoms with Gasteiger partial charge in [-0.2, -0.15) is 0 Å². The number of halogens is 3. The largest absolute Gasteiger partial charge is 0.494 e. The van der Waals surface area contributed by atoms with Gasteiger partial charge >= 0.3 is 0 Å².